The van der Waals surface area contributed by atoms with E-state index in [2.05, 4.69) is 22.6 Å². The highest BCUT2D eigenvalue weighted by atomic mass is 32.1. The molecule has 0 aliphatic heterocycles. The van der Waals surface area contributed by atoms with Crippen molar-refractivity contribution in [3.8, 4) is 17.4 Å². The summed E-state index contributed by atoms with van der Waals surface area (Å²) in [5, 5.41) is 0.839. The maximum absolute atomic E-state index is 11.0. The number of carbonyl (C=O) groups excluding carboxylic acids is 1. The number of aromatic amines is 1. The Morgan fingerprint density at radius 1 is 1.26 bits per heavy atom. The molecule has 5 nitrogen and oxygen atoms in total. The molecule has 0 radical (unpaired) electrons. The van der Waals surface area contributed by atoms with E-state index in [4.69, 9.17) is 9.47 Å². The van der Waals surface area contributed by atoms with Crippen molar-refractivity contribution in [2.24, 2.45) is 0 Å². The summed E-state index contributed by atoms with van der Waals surface area (Å²) in [6.07, 6.45) is 2.38. The first-order valence-electron chi connectivity index (χ1n) is 7.16. The Morgan fingerprint density at radius 2 is 2.09 bits per heavy atom. The molecule has 23 heavy (non-hydrogen) atoms. The number of thiol groups is 1. The molecule has 0 saturated heterocycles. The van der Waals surface area contributed by atoms with Crippen molar-refractivity contribution >= 4 is 29.8 Å². The molecule has 2 aromatic heterocycles. The van der Waals surface area contributed by atoms with Crippen molar-refractivity contribution in [3.05, 3.63) is 42.2 Å². The number of fused-ring (bicyclic) bond motifs is 1. The molecule has 0 amide bonds. The molecule has 0 atom stereocenters. The average Bonchev–Trinajstić information content (AvgIpc) is 2.92. The van der Waals surface area contributed by atoms with E-state index in [1.165, 1.54) is 0 Å². The molecule has 0 aliphatic carbocycles. The molecule has 0 saturated carbocycles. The minimum atomic E-state index is -0.00183. The number of hydrogen-bond donors (Lipinski definition) is 2. The van der Waals surface area contributed by atoms with Crippen LogP contribution in [0, 0.1) is 0 Å². The van der Waals surface area contributed by atoms with Crippen LogP contribution in [0.5, 0.6) is 17.4 Å². The minimum absolute atomic E-state index is 0.00183. The van der Waals surface area contributed by atoms with Crippen LogP contribution in [0.25, 0.3) is 10.9 Å². The molecule has 3 rings (SSSR count). The SMILES string of the molecule is CC(C)Oc1cc(Oc2ccc(S)cn2)cc2cc(C=O)[nH]c12. The van der Waals surface area contributed by atoms with Crippen molar-refractivity contribution in [3.63, 3.8) is 0 Å². The number of benzene rings is 1. The highest BCUT2D eigenvalue weighted by Gasteiger charge is 2.12. The molecule has 0 fully saturated rings. The second-order valence-corrected chi connectivity index (χ2v) is 5.87. The third-order valence-electron chi connectivity index (χ3n) is 3.12. The van der Waals surface area contributed by atoms with E-state index < -0.39 is 0 Å². The zero-order valence-electron chi connectivity index (χ0n) is 12.7. The number of hydrogen-bond acceptors (Lipinski definition) is 5. The largest absolute Gasteiger partial charge is 0.489 e. The minimum Gasteiger partial charge on any atom is -0.489 e. The van der Waals surface area contributed by atoms with Gasteiger partial charge in [0.15, 0.2) is 6.29 Å². The van der Waals surface area contributed by atoms with Crippen LogP contribution in [0.4, 0.5) is 0 Å². The molecule has 0 bridgehead atoms. The normalized spacial score (nSPS) is 11.0. The highest BCUT2D eigenvalue weighted by Crippen LogP contribution is 2.33. The lowest BCUT2D eigenvalue weighted by Crippen LogP contribution is -2.06. The lowest BCUT2D eigenvalue weighted by atomic mass is 10.2. The fourth-order valence-electron chi connectivity index (χ4n) is 2.23. The van der Waals surface area contributed by atoms with Crippen molar-refractivity contribution in [2.45, 2.75) is 24.8 Å². The number of aldehydes is 1. The van der Waals surface area contributed by atoms with Gasteiger partial charge in [-0.3, -0.25) is 4.79 Å². The van der Waals surface area contributed by atoms with Gasteiger partial charge in [-0.15, -0.1) is 12.6 Å². The summed E-state index contributed by atoms with van der Waals surface area (Å²) in [5.41, 5.74) is 1.26. The second kappa shape index (κ2) is 6.34. The molecule has 0 unspecified atom stereocenters. The van der Waals surface area contributed by atoms with Gasteiger partial charge in [0, 0.05) is 28.6 Å². The standard InChI is InChI=1S/C17H16N2O3S/c1-10(2)21-15-7-13(22-16-4-3-14(23)8-18-16)6-11-5-12(9-20)19-17(11)15/h3-10,19,23H,1-2H3. The lowest BCUT2D eigenvalue weighted by molar-refractivity contribution is 0.112. The molecule has 0 aliphatic rings. The number of nitrogens with one attached hydrogen (secondary N) is 1. The first-order chi connectivity index (χ1) is 11.0. The molecule has 118 valence electrons. The van der Waals surface area contributed by atoms with Crippen LogP contribution in [0.2, 0.25) is 0 Å². The number of aromatic nitrogens is 2. The maximum atomic E-state index is 11.0. The van der Waals surface area contributed by atoms with Gasteiger partial charge in [0.2, 0.25) is 5.88 Å². The molecular formula is C17H16N2O3S. The lowest BCUT2D eigenvalue weighted by Gasteiger charge is -2.13. The Balaban J connectivity index is 2.02. The van der Waals surface area contributed by atoms with Gasteiger partial charge >= 0.3 is 0 Å². The Morgan fingerprint density at radius 3 is 2.74 bits per heavy atom. The zero-order chi connectivity index (χ0) is 16.4. The zero-order valence-corrected chi connectivity index (χ0v) is 13.6. The van der Waals surface area contributed by atoms with Gasteiger partial charge in [0.05, 0.1) is 17.3 Å². The van der Waals surface area contributed by atoms with Gasteiger partial charge in [-0.1, -0.05) is 0 Å². The van der Waals surface area contributed by atoms with E-state index in [-0.39, 0.29) is 6.10 Å². The average molecular weight is 328 g/mol. The third-order valence-corrected chi connectivity index (χ3v) is 3.38. The van der Waals surface area contributed by atoms with Gasteiger partial charge in [-0.2, -0.15) is 0 Å². The van der Waals surface area contributed by atoms with Gasteiger partial charge in [-0.25, -0.2) is 4.98 Å². The maximum Gasteiger partial charge on any atom is 0.219 e. The topological polar surface area (TPSA) is 64.2 Å². The molecule has 2 heterocycles. The van der Waals surface area contributed by atoms with Crippen LogP contribution in [0.15, 0.2) is 41.4 Å². The van der Waals surface area contributed by atoms with Gasteiger partial charge < -0.3 is 14.5 Å². The van der Waals surface area contributed by atoms with E-state index in [0.29, 0.717) is 23.1 Å². The van der Waals surface area contributed by atoms with E-state index in [1.807, 2.05) is 19.9 Å². The Bertz CT molecular complexity index is 841. The number of ether oxygens (including phenoxy) is 2. The molecule has 1 N–H and O–H groups in total. The van der Waals surface area contributed by atoms with Gasteiger partial charge in [0.1, 0.15) is 11.5 Å². The van der Waals surface area contributed by atoms with Crippen molar-refractivity contribution < 1.29 is 14.3 Å². The summed E-state index contributed by atoms with van der Waals surface area (Å²) < 4.78 is 11.6. The smallest absolute Gasteiger partial charge is 0.219 e. The van der Waals surface area contributed by atoms with E-state index in [1.54, 1.807) is 30.5 Å². The summed E-state index contributed by atoms with van der Waals surface area (Å²) in [6, 6.07) is 8.92. The summed E-state index contributed by atoms with van der Waals surface area (Å²) in [4.78, 5) is 19.0. The first-order valence-corrected chi connectivity index (χ1v) is 7.61. The van der Waals surface area contributed by atoms with Crippen LogP contribution < -0.4 is 9.47 Å². The van der Waals surface area contributed by atoms with Gasteiger partial charge in [0.25, 0.3) is 0 Å². The number of carbonyl (C=O) groups is 1. The summed E-state index contributed by atoms with van der Waals surface area (Å²) in [6.45, 7) is 3.88. The molecular weight excluding hydrogens is 312 g/mol. The molecule has 0 spiro atoms. The van der Waals surface area contributed by atoms with Crippen LogP contribution in [-0.2, 0) is 0 Å². The predicted octanol–water partition coefficient (Wildman–Crippen LogP) is 4.24. The van der Waals surface area contributed by atoms with E-state index >= 15 is 0 Å². The van der Waals surface area contributed by atoms with Crippen LogP contribution in [0.1, 0.15) is 24.3 Å². The number of H-pyrrole nitrogens is 1. The molecule has 1 aromatic carbocycles. The van der Waals surface area contributed by atoms with Gasteiger partial charge in [-0.05, 0) is 32.0 Å². The predicted molar refractivity (Wildman–Crippen MR) is 91.0 cm³/mol. The highest BCUT2D eigenvalue weighted by molar-refractivity contribution is 7.80. The summed E-state index contributed by atoms with van der Waals surface area (Å²) >= 11 is 4.20. The first kappa shape index (κ1) is 15.4. The summed E-state index contributed by atoms with van der Waals surface area (Å²) in [7, 11) is 0. The van der Waals surface area contributed by atoms with Crippen molar-refractivity contribution in [2.75, 3.05) is 0 Å². The monoisotopic (exact) mass is 328 g/mol. The Kier molecular flexibility index (Phi) is 4.25. The van der Waals surface area contributed by atoms with Crippen molar-refractivity contribution in [1.82, 2.24) is 9.97 Å². The van der Waals surface area contributed by atoms with E-state index in [0.717, 1.165) is 22.1 Å². The Labute approximate surface area is 139 Å². The fraction of sp³-hybridized carbons (Fsp3) is 0.176. The van der Waals surface area contributed by atoms with Crippen LogP contribution in [0.3, 0.4) is 0 Å². The molecule has 3 aromatic rings. The van der Waals surface area contributed by atoms with Crippen molar-refractivity contribution in [1.29, 1.82) is 0 Å². The summed E-state index contributed by atoms with van der Waals surface area (Å²) in [5.74, 6) is 1.68. The quantitative estimate of drug-likeness (QED) is 0.543. The second-order valence-electron chi connectivity index (χ2n) is 5.35. The van der Waals surface area contributed by atoms with E-state index in [9.17, 15) is 4.79 Å². The third kappa shape index (κ3) is 3.48. The Hall–Kier alpha value is -2.47. The van der Waals surface area contributed by atoms with Crippen LogP contribution >= 0.6 is 12.6 Å². The number of nitrogens with zero attached hydrogens (tertiary/aromatic N) is 1. The number of pyridine rings is 1. The number of rotatable bonds is 5. The van der Waals surface area contributed by atoms with Crippen LogP contribution in [-0.4, -0.2) is 22.4 Å². The molecule has 6 heteroatoms. The fourth-order valence-corrected chi connectivity index (χ4v) is 2.36.